The molecule has 3 rings (SSSR count). The molecule has 24 heavy (non-hydrogen) atoms. The highest BCUT2D eigenvalue weighted by atomic mass is 35.5. The molecule has 0 radical (unpaired) electrons. The number of rotatable bonds is 6. The molecule has 0 aliphatic rings. The summed E-state index contributed by atoms with van der Waals surface area (Å²) in [6.45, 7) is 1.92. The normalized spacial score (nSPS) is 12.0. The van der Waals surface area contributed by atoms with E-state index >= 15 is 0 Å². The minimum atomic E-state index is -0.218. The first kappa shape index (κ1) is 16.6. The van der Waals surface area contributed by atoms with Crippen LogP contribution in [0, 0.1) is 0 Å². The molecule has 0 bridgehead atoms. The van der Waals surface area contributed by atoms with Gasteiger partial charge in [-0.05, 0) is 24.4 Å². The quantitative estimate of drug-likeness (QED) is 0.686. The average molecular weight is 366 g/mol. The van der Waals surface area contributed by atoms with Gasteiger partial charge in [0.05, 0.1) is 29.8 Å². The topological polar surface area (TPSA) is 69.4 Å². The van der Waals surface area contributed by atoms with E-state index in [1.165, 1.54) is 0 Å². The number of nitrogens with one attached hydrogen (secondary N) is 1. The lowest BCUT2D eigenvalue weighted by molar-refractivity contribution is 0.395. The van der Waals surface area contributed by atoms with E-state index < -0.39 is 0 Å². The monoisotopic (exact) mass is 365 g/mol. The Labute approximate surface area is 148 Å². The number of methoxy groups -OCH3 is 2. The van der Waals surface area contributed by atoms with E-state index in [0.717, 1.165) is 4.88 Å². The van der Waals surface area contributed by atoms with Crippen molar-refractivity contribution in [2.45, 2.75) is 13.0 Å². The Hall–Kier alpha value is -2.25. The van der Waals surface area contributed by atoms with E-state index in [2.05, 4.69) is 15.5 Å². The second-order valence-corrected chi connectivity index (χ2v) is 6.33. The minimum Gasteiger partial charge on any atom is -0.495 e. The molecule has 0 aliphatic carbocycles. The van der Waals surface area contributed by atoms with Crippen LogP contribution in [-0.4, -0.2) is 24.4 Å². The summed E-state index contributed by atoms with van der Waals surface area (Å²) in [5, 5.41) is 13.9. The second-order valence-electron chi connectivity index (χ2n) is 4.98. The van der Waals surface area contributed by atoms with Crippen molar-refractivity contribution in [2.24, 2.45) is 0 Å². The van der Waals surface area contributed by atoms with Gasteiger partial charge in [-0.25, -0.2) is 0 Å². The SMILES string of the molecule is COc1cc(OC)c(N[C@H](C)c2nnc(-c3cccs3)o2)cc1Cl. The zero-order valence-electron chi connectivity index (χ0n) is 13.4. The molecular formula is C16H16ClN3O3S. The number of thiophene rings is 1. The lowest BCUT2D eigenvalue weighted by Crippen LogP contribution is -2.08. The first-order valence-corrected chi connectivity index (χ1v) is 8.43. The van der Waals surface area contributed by atoms with Gasteiger partial charge in [-0.15, -0.1) is 21.5 Å². The summed E-state index contributed by atoms with van der Waals surface area (Å²) in [5.41, 5.74) is 0.715. The molecule has 8 heteroatoms. The molecule has 0 saturated carbocycles. The first-order chi connectivity index (χ1) is 11.6. The van der Waals surface area contributed by atoms with E-state index in [-0.39, 0.29) is 6.04 Å². The smallest absolute Gasteiger partial charge is 0.257 e. The maximum atomic E-state index is 6.19. The molecule has 0 amide bonds. The zero-order chi connectivity index (χ0) is 17.1. The van der Waals surface area contributed by atoms with Crippen LogP contribution >= 0.6 is 22.9 Å². The van der Waals surface area contributed by atoms with Crippen molar-refractivity contribution in [1.29, 1.82) is 0 Å². The third-order valence-electron chi connectivity index (χ3n) is 3.39. The summed E-state index contributed by atoms with van der Waals surface area (Å²) >= 11 is 7.74. The third-order valence-corrected chi connectivity index (χ3v) is 4.54. The molecule has 1 atom stereocenters. The third kappa shape index (κ3) is 3.32. The fourth-order valence-corrected chi connectivity index (χ4v) is 3.06. The van der Waals surface area contributed by atoms with Crippen LogP contribution in [0.1, 0.15) is 18.9 Å². The fraction of sp³-hybridized carbons (Fsp3) is 0.250. The van der Waals surface area contributed by atoms with Gasteiger partial charge in [-0.2, -0.15) is 0 Å². The van der Waals surface area contributed by atoms with Crippen LogP contribution in [0.25, 0.3) is 10.8 Å². The average Bonchev–Trinajstić information content (AvgIpc) is 3.26. The Kier molecular flexibility index (Phi) is 4.92. The number of anilines is 1. The van der Waals surface area contributed by atoms with E-state index in [1.54, 1.807) is 37.7 Å². The van der Waals surface area contributed by atoms with Crippen LogP contribution in [0.2, 0.25) is 5.02 Å². The van der Waals surface area contributed by atoms with Crippen molar-refractivity contribution < 1.29 is 13.9 Å². The summed E-state index contributed by atoms with van der Waals surface area (Å²) in [7, 11) is 3.14. The van der Waals surface area contributed by atoms with Gasteiger partial charge in [-0.3, -0.25) is 0 Å². The molecule has 0 saturated heterocycles. The maximum Gasteiger partial charge on any atom is 0.257 e. The van der Waals surface area contributed by atoms with E-state index in [0.29, 0.717) is 34.0 Å². The van der Waals surface area contributed by atoms with Crippen molar-refractivity contribution in [3.8, 4) is 22.3 Å². The van der Waals surface area contributed by atoms with Gasteiger partial charge in [-0.1, -0.05) is 17.7 Å². The van der Waals surface area contributed by atoms with E-state index in [1.807, 2.05) is 24.4 Å². The number of hydrogen-bond donors (Lipinski definition) is 1. The minimum absolute atomic E-state index is 0.218. The summed E-state index contributed by atoms with van der Waals surface area (Å²) in [6.07, 6.45) is 0. The van der Waals surface area contributed by atoms with Crippen molar-refractivity contribution in [3.63, 3.8) is 0 Å². The van der Waals surface area contributed by atoms with Gasteiger partial charge in [0, 0.05) is 6.07 Å². The van der Waals surface area contributed by atoms with Crippen molar-refractivity contribution >= 4 is 28.6 Å². The second kappa shape index (κ2) is 7.11. The molecule has 1 N–H and O–H groups in total. The molecule has 2 heterocycles. The predicted molar refractivity (Wildman–Crippen MR) is 94.2 cm³/mol. The predicted octanol–water partition coefficient (Wildman–Crippen LogP) is 4.64. The molecule has 0 aliphatic heterocycles. The molecule has 0 fully saturated rings. The number of nitrogens with zero attached hydrogens (tertiary/aromatic N) is 2. The van der Waals surface area contributed by atoms with E-state index in [4.69, 9.17) is 25.5 Å². The molecule has 0 spiro atoms. The van der Waals surface area contributed by atoms with Gasteiger partial charge in [0.2, 0.25) is 5.89 Å². The number of ether oxygens (including phenoxy) is 2. The van der Waals surface area contributed by atoms with Gasteiger partial charge in [0.25, 0.3) is 5.89 Å². The number of halogens is 1. The van der Waals surface area contributed by atoms with Crippen LogP contribution < -0.4 is 14.8 Å². The van der Waals surface area contributed by atoms with Crippen LogP contribution in [-0.2, 0) is 0 Å². The Morgan fingerprint density at radius 1 is 1.21 bits per heavy atom. The zero-order valence-corrected chi connectivity index (χ0v) is 14.9. The number of benzene rings is 1. The molecule has 1 aromatic carbocycles. The van der Waals surface area contributed by atoms with Gasteiger partial charge >= 0.3 is 0 Å². The molecule has 0 unspecified atom stereocenters. The van der Waals surface area contributed by atoms with Crippen molar-refractivity contribution in [3.05, 3.63) is 40.6 Å². The van der Waals surface area contributed by atoms with Crippen LogP contribution in [0.3, 0.4) is 0 Å². The fourth-order valence-electron chi connectivity index (χ4n) is 2.18. The highest BCUT2D eigenvalue weighted by Crippen LogP contribution is 2.37. The molecule has 6 nitrogen and oxygen atoms in total. The highest BCUT2D eigenvalue weighted by Gasteiger charge is 2.18. The van der Waals surface area contributed by atoms with Gasteiger partial charge in [0.1, 0.15) is 17.5 Å². The van der Waals surface area contributed by atoms with Gasteiger partial charge < -0.3 is 19.2 Å². The number of hydrogen-bond acceptors (Lipinski definition) is 7. The van der Waals surface area contributed by atoms with Gasteiger partial charge in [0.15, 0.2) is 0 Å². The summed E-state index contributed by atoms with van der Waals surface area (Å²) in [5.74, 6) is 2.14. The summed E-state index contributed by atoms with van der Waals surface area (Å²) in [6, 6.07) is 7.13. The number of aromatic nitrogens is 2. The molecule has 126 valence electrons. The highest BCUT2D eigenvalue weighted by molar-refractivity contribution is 7.13. The Morgan fingerprint density at radius 2 is 2.00 bits per heavy atom. The molecule has 3 aromatic rings. The largest absolute Gasteiger partial charge is 0.495 e. The molecular weight excluding hydrogens is 350 g/mol. The Morgan fingerprint density at radius 3 is 2.67 bits per heavy atom. The lowest BCUT2D eigenvalue weighted by Gasteiger charge is -2.16. The lowest BCUT2D eigenvalue weighted by atomic mass is 10.2. The molecule has 2 aromatic heterocycles. The van der Waals surface area contributed by atoms with E-state index in [9.17, 15) is 0 Å². The van der Waals surface area contributed by atoms with Crippen molar-refractivity contribution in [1.82, 2.24) is 10.2 Å². The summed E-state index contributed by atoms with van der Waals surface area (Å²) < 4.78 is 16.3. The standard InChI is InChI=1S/C16H16ClN3O3S/c1-9(15-19-20-16(23-15)14-5-4-6-24-14)18-11-7-10(17)12(21-2)8-13(11)22-3/h4-9,18H,1-3H3/t9-/m1/s1. The maximum absolute atomic E-state index is 6.19. The van der Waals surface area contributed by atoms with Crippen LogP contribution in [0.15, 0.2) is 34.1 Å². The van der Waals surface area contributed by atoms with Crippen LogP contribution in [0.5, 0.6) is 11.5 Å². The Balaban J connectivity index is 1.82. The van der Waals surface area contributed by atoms with Crippen LogP contribution in [0.4, 0.5) is 5.69 Å². The Bertz CT molecular complexity index is 820. The first-order valence-electron chi connectivity index (χ1n) is 7.17. The summed E-state index contributed by atoms with van der Waals surface area (Å²) in [4.78, 5) is 0.936. The van der Waals surface area contributed by atoms with Crippen molar-refractivity contribution in [2.75, 3.05) is 19.5 Å².